The molecule has 5 aliphatic carbocycles. The molecule has 2 aliphatic heterocycles. The minimum absolute atomic E-state index is 0.0240. The minimum Gasteiger partial charge on any atom is -0.459 e. The number of esters is 7. The van der Waals surface area contributed by atoms with E-state index in [1.807, 2.05) is 133 Å². The molecule has 6 fully saturated rings. The van der Waals surface area contributed by atoms with E-state index in [2.05, 4.69) is 54.5 Å². The average molecular weight is 1740 g/mol. The third-order valence-corrected chi connectivity index (χ3v) is 29.6. The van der Waals surface area contributed by atoms with Crippen molar-refractivity contribution in [2.45, 2.75) is 192 Å². The molecule has 0 bridgehead atoms. The first-order valence-corrected chi connectivity index (χ1v) is 45.3. The fourth-order valence-corrected chi connectivity index (χ4v) is 22.7. The van der Waals surface area contributed by atoms with Gasteiger partial charge in [-0.15, -0.1) is 0 Å². The monoisotopic (exact) mass is 1740 g/mol. The van der Waals surface area contributed by atoms with Crippen molar-refractivity contribution in [1.29, 1.82) is 0 Å². The summed E-state index contributed by atoms with van der Waals surface area (Å²) in [5.74, 6) is -5.40. The molecule has 2 heterocycles. The van der Waals surface area contributed by atoms with Crippen molar-refractivity contribution in [3.63, 3.8) is 0 Å². The Balaban J connectivity index is 0.705. The van der Waals surface area contributed by atoms with Crippen LogP contribution in [0.15, 0.2) is 315 Å². The van der Waals surface area contributed by atoms with Gasteiger partial charge in [-0.1, -0.05) is 291 Å². The van der Waals surface area contributed by atoms with E-state index >= 15 is 14.4 Å². The second kappa shape index (κ2) is 37.6. The average Bonchev–Trinajstić information content (AvgIpc) is 0.673. The van der Waals surface area contributed by atoms with Crippen molar-refractivity contribution >= 4 is 41.8 Å². The lowest BCUT2D eigenvalue weighted by atomic mass is 9.33. The quantitative estimate of drug-likeness (QED) is 0.0161. The van der Waals surface area contributed by atoms with E-state index in [1.165, 1.54) is 5.57 Å². The van der Waals surface area contributed by atoms with Gasteiger partial charge in [0.25, 0.3) is 0 Å². The van der Waals surface area contributed by atoms with Crippen molar-refractivity contribution < 1.29 is 90.4 Å². The molecule has 10 aromatic carbocycles. The van der Waals surface area contributed by atoms with E-state index in [0.29, 0.717) is 44.9 Å². The van der Waals surface area contributed by atoms with Crippen LogP contribution in [0.25, 0.3) is 0 Å². The van der Waals surface area contributed by atoms with Crippen LogP contribution in [0.3, 0.4) is 0 Å². The van der Waals surface area contributed by atoms with Gasteiger partial charge in [-0.25, -0.2) is 28.8 Å². The summed E-state index contributed by atoms with van der Waals surface area (Å²) in [5, 5.41) is 0. The van der Waals surface area contributed by atoms with Gasteiger partial charge >= 0.3 is 41.8 Å². The van der Waals surface area contributed by atoms with Crippen LogP contribution < -0.4 is 0 Å². The Morgan fingerprint density at radius 1 is 0.372 bits per heavy atom. The number of carbonyl (C=O) groups is 7. The first-order valence-electron chi connectivity index (χ1n) is 45.3. The van der Waals surface area contributed by atoms with E-state index in [9.17, 15) is 19.2 Å². The summed E-state index contributed by atoms with van der Waals surface area (Å²) in [6.07, 6.45) is -6.45. The number of hydrogen-bond donors (Lipinski definition) is 0. The number of benzene rings is 10. The second-order valence-electron chi connectivity index (χ2n) is 37.8. The number of allylic oxidation sites excluding steroid dienone is 2. The standard InChI is InChI=1S/C110H112O19/c1-104(2)64-66-109(103(117)129-102-94(128-100(116)78-50-30-14-31-51-78)92(126-98(114)76-46-26-12-27-47-76)90(125-97(113)75-44-24-11-25-45-75)84(121-102)70-119-95(111)73-40-20-9-21-41-73)67-65-107(6)82(83(109)68-104)58-59-87-106(5)62-61-88(105(3,4)86(106)60-63-108(87,107)7)123-101-93(127-99(115)77-48-28-13-29-49-77)91(118-69-72-38-18-8-19-39-72)89(124-96(112)74-42-22-10-23-43-74)85(122-101)71-120-110(79-52-32-15-33-53-79,80-54-34-16-35-55-80)81-56-36-17-37-57-81/h8-58,83-94,101-102H,59-71H2,1-7H3/t83-,84+,85+,86-,87+,88-,89+,90+,91-,92-,93+,94+,101-,102-,106-,107+,108+,109-/m0/s1. The lowest BCUT2D eigenvalue weighted by Crippen LogP contribution is -2.67. The van der Waals surface area contributed by atoms with Crippen molar-refractivity contribution in [2.75, 3.05) is 13.2 Å². The molecule has 0 aromatic heterocycles. The van der Waals surface area contributed by atoms with E-state index in [4.69, 9.17) is 56.8 Å². The van der Waals surface area contributed by atoms with Crippen LogP contribution >= 0.6 is 0 Å². The Hall–Kier alpha value is -12.0. The maximum absolute atomic E-state index is 16.7. The molecule has 0 N–H and O–H groups in total. The highest BCUT2D eigenvalue weighted by Crippen LogP contribution is 2.76. The zero-order valence-electron chi connectivity index (χ0n) is 74.0. The van der Waals surface area contributed by atoms with Crippen LogP contribution in [0, 0.1) is 50.2 Å². The fourth-order valence-electron chi connectivity index (χ4n) is 22.7. The van der Waals surface area contributed by atoms with E-state index < -0.39 is 138 Å². The van der Waals surface area contributed by atoms with Crippen molar-refractivity contribution in [2.24, 2.45) is 50.2 Å². The Kier molecular flexibility index (Phi) is 26.0. The molecule has 18 atom stereocenters. The van der Waals surface area contributed by atoms with E-state index in [-0.39, 0.29) is 80.6 Å². The van der Waals surface area contributed by atoms with Gasteiger partial charge in [0.05, 0.1) is 58.1 Å². The predicted octanol–water partition coefficient (Wildman–Crippen LogP) is 20.7. The third kappa shape index (κ3) is 17.8. The van der Waals surface area contributed by atoms with Gasteiger partial charge in [0.1, 0.15) is 30.5 Å². The molecule has 17 rings (SSSR count). The number of fused-ring (bicyclic) bond motifs is 7. The summed E-state index contributed by atoms with van der Waals surface area (Å²) in [4.78, 5) is 105. The molecular weight excluding hydrogens is 1630 g/mol. The van der Waals surface area contributed by atoms with Crippen LogP contribution in [0.5, 0.6) is 0 Å². The highest BCUT2D eigenvalue weighted by atomic mass is 16.8. The molecule has 2 saturated heterocycles. The molecule has 19 nitrogen and oxygen atoms in total. The summed E-state index contributed by atoms with van der Waals surface area (Å²) in [7, 11) is 0. The van der Waals surface area contributed by atoms with Gasteiger partial charge < -0.3 is 56.8 Å². The zero-order valence-corrected chi connectivity index (χ0v) is 74.0. The first-order chi connectivity index (χ1) is 62.4. The molecule has 129 heavy (non-hydrogen) atoms. The van der Waals surface area contributed by atoms with Gasteiger partial charge in [0.15, 0.2) is 30.7 Å². The number of carbonyl (C=O) groups excluding carboxylic acids is 7. The molecule has 10 aromatic rings. The molecule has 0 unspecified atom stereocenters. The highest BCUT2D eigenvalue weighted by Gasteiger charge is 2.71. The molecule has 666 valence electrons. The number of ether oxygens (including phenoxy) is 12. The van der Waals surface area contributed by atoms with Crippen molar-refractivity contribution in [3.8, 4) is 0 Å². The van der Waals surface area contributed by atoms with Crippen LogP contribution in [0.2, 0.25) is 0 Å². The van der Waals surface area contributed by atoms with Crippen molar-refractivity contribution in [1.82, 2.24) is 0 Å². The lowest BCUT2D eigenvalue weighted by molar-refractivity contribution is -0.336. The molecule has 19 heteroatoms. The minimum atomic E-state index is -1.85. The molecule has 7 aliphatic rings. The van der Waals surface area contributed by atoms with Crippen LogP contribution in [0.4, 0.5) is 0 Å². The smallest absolute Gasteiger partial charge is 0.338 e. The Morgan fingerprint density at radius 2 is 0.760 bits per heavy atom. The Bertz CT molecular complexity index is 5500. The third-order valence-electron chi connectivity index (χ3n) is 29.6. The normalized spacial score (nSPS) is 28.9. The predicted molar refractivity (Wildman–Crippen MR) is 482 cm³/mol. The van der Waals surface area contributed by atoms with Gasteiger partial charge in [0.2, 0.25) is 12.4 Å². The maximum atomic E-state index is 16.7. The van der Waals surface area contributed by atoms with Crippen LogP contribution in [-0.2, 0) is 73.8 Å². The first kappa shape index (κ1) is 89.0. The largest absolute Gasteiger partial charge is 0.459 e. The molecule has 0 radical (unpaired) electrons. The lowest BCUT2D eigenvalue weighted by Gasteiger charge is -2.71. The summed E-state index contributed by atoms with van der Waals surface area (Å²) >= 11 is 0. The maximum Gasteiger partial charge on any atom is 0.338 e. The van der Waals surface area contributed by atoms with Crippen molar-refractivity contribution in [3.05, 3.63) is 371 Å². The molecule has 4 saturated carbocycles. The van der Waals surface area contributed by atoms with Gasteiger partial charge in [0, 0.05) is 0 Å². The Morgan fingerprint density at radius 3 is 1.22 bits per heavy atom. The van der Waals surface area contributed by atoms with Crippen LogP contribution in [0.1, 0.15) is 197 Å². The summed E-state index contributed by atoms with van der Waals surface area (Å²) in [6.45, 7) is 15.8. The second-order valence-corrected chi connectivity index (χ2v) is 37.8. The highest BCUT2D eigenvalue weighted by molar-refractivity contribution is 5.93. The SMILES string of the molecule is CC1(C)CC[C@]2(C(=O)O[C@@H]3O[C@H](COC(=O)c4ccccc4)[C@@H](OC(=O)c4ccccc4)[C@H](OC(=O)c4ccccc4)[C@H]3OC(=O)c3ccccc3)CC[C@]3(C)C(=CC[C@@H]4[C@@]5(C)CC[C@H](O[C@@H]6O[C@H](COC(c7ccccc7)(c7ccccc7)c7ccccc7)[C@@H](OC(=O)c7ccccc7)[C@H](OCc7ccccc7)[C@H]6OC(=O)c6ccccc6)C(C)(C)[C@@H]5CC[C@]43C)[C@@H]2C1. The molecular formula is C110H112O19. The van der Waals surface area contributed by atoms with Gasteiger partial charge in [-0.3, -0.25) is 4.79 Å². The van der Waals surface area contributed by atoms with Gasteiger partial charge in [-0.2, -0.15) is 0 Å². The van der Waals surface area contributed by atoms with E-state index in [1.54, 1.807) is 170 Å². The zero-order chi connectivity index (χ0) is 89.7. The fraction of sp³-hybridized carbons (Fsp3) is 0.373. The topological polar surface area (TPSA) is 230 Å². The molecule has 0 spiro atoms. The Labute approximate surface area is 754 Å². The summed E-state index contributed by atoms with van der Waals surface area (Å²) in [5.41, 5.74) is 1.40. The van der Waals surface area contributed by atoms with Crippen LogP contribution in [-0.4, -0.2) is 123 Å². The van der Waals surface area contributed by atoms with Gasteiger partial charge in [-0.05, 0) is 204 Å². The summed E-state index contributed by atoms with van der Waals surface area (Å²) in [6, 6.07) is 90.2. The number of rotatable bonds is 26. The van der Waals surface area contributed by atoms with E-state index in [0.717, 1.165) is 41.5 Å². The molecule has 0 amide bonds. The summed E-state index contributed by atoms with van der Waals surface area (Å²) < 4.78 is 83.4. The number of hydrogen-bond acceptors (Lipinski definition) is 19.